The Hall–Kier alpha value is -0.640. The highest BCUT2D eigenvalue weighted by Gasteiger charge is 2.31. The van der Waals surface area contributed by atoms with Crippen molar-refractivity contribution >= 4 is 27.3 Å². The fourth-order valence-electron chi connectivity index (χ4n) is 2.73. The summed E-state index contributed by atoms with van der Waals surface area (Å²) in [5.74, 6) is 0.737. The summed E-state index contributed by atoms with van der Waals surface area (Å²) in [6, 6.07) is 14.3. The molecule has 100 valence electrons. The van der Waals surface area contributed by atoms with Crippen LogP contribution in [0, 0.1) is 0 Å². The van der Waals surface area contributed by atoms with Crippen LogP contribution >= 0.6 is 27.3 Å². The number of rotatable bonds is 4. The molecule has 2 aromatic rings. The molecule has 1 N–H and O–H groups in total. The zero-order chi connectivity index (χ0) is 13.2. The first-order valence-electron chi connectivity index (χ1n) is 6.77. The van der Waals surface area contributed by atoms with Crippen LogP contribution < -0.4 is 5.32 Å². The average Bonchev–Trinajstić information content (AvgIpc) is 2.88. The second-order valence-electron chi connectivity index (χ2n) is 5.32. The predicted molar refractivity (Wildman–Crippen MR) is 85.8 cm³/mol. The van der Waals surface area contributed by atoms with Crippen LogP contribution in [0.1, 0.15) is 42.2 Å². The van der Waals surface area contributed by atoms with Gasteiger partial charge in [0.1, 0.15) is 0 Å². The fraction of sp³-hybridized carbons (Fsp3) is 0.375. The molecule has 1 fully saturated rings. The van der Waals surface area contributed by atoms with Crippen molar-refractivity contribution in [2.24, 2.45) is 0 Å². The van der Waals surface area contributed by atoms with Crippen molar-refractivity contribution in [3.63, 3.8) is 0 Å². The first-order valence-corrected chi connectivity index (χ1v) is 8.44. The zero-order valence-electron chi connectivity index (χ0n) is 11.0. The van der Waals surface area contributed by atoms with E-state index in [1.54, 1.807) is 0 Å². The van der Waals surface area contributed by atoms with E-state index in [0.717, 1.165) is 10.4 Å². The number of benzene rings is 1. The smallest absolute Gasteiger partial charge is 0.0388 e. The van der Waals surface area contributed by atoms with Gasteiger partial charge in [-0.2, -0.15) is 0 Å². The third kappa shape index (κ3) is 3.10. The SMILES string of the molecule is CC(NC1CC(c2ccc(Br)cc2)C1)c1cccs1. The third-order valence-electron chi connectivity index (χ3n) is 3.94. The molecule has 1 saturated carbocycles. The largest absolute Gasteiger partial charge is 0.307 e. The molecule has 1 aliphatic carbocycles. The molecule has 1 atom stereocenters. The molecule has 19 heavy (non-hydrogen) atoms. The number of halogens is 1. The second-order valence-corrected chi connectivity index (χ2v) is 7.22. The second kappa shape index (κ2) is 5.78. The van der Waals surface area contributed by atoms with Crippen molar-refractivity contribution in [2.45, 2.75) is 37.8 Å². The molecule has 0 saturated heterocycles. The van der Waals surface area contributed by atoms with Crippen molar-refractivity contribution in [3.05, 3.63) is 56.7 Å². The van der Waals surface area contributed by atoms with Crippen molar-refractivity contribution < 1.29 is 0 Å². The molecule has 0 bridgehead atoms. The summed E-state index contributed by atoms with van der Waals surface area (Å²) in [6.45, 7) is 2.26. The minimum Gasteiger partial charge on any atom is -0.307 e. The van der Waals surface area contributed by atoms with Gasteiger partial charge in [-0.3, -0.25) is 0 Å². The summed E-state index contributed by atoms with van der Waals surface area (Å²) in [7, 11) is 0. The predicted octanol–water partition coefficient (Wildman–Crippen LogP) is 5.11. The lowest BCUT2D eigenvalue weighted by Gasteiger charge is -2.38. The van der Waals surface area contributed by atoms with Gasteiger partial charge in [-0.1, -0.05) is 34.1 Å². The summed E-state index contributed by atoms with van der Waals surface area (Å²) >= 11 is 5.33. The number of hydrogen-bond donors (Lipinski definition) is 1. The van der Waals surface area contributed by atoms with Crippen molar-refractivity contribution in [1.29, 1.82) is 0 Å². The quantitative estimate of drug-likeness (QED) is 0.818. The molecule has 1 nitrogen and oxygen atoms in total. The van der Waals surface area contributed by atoms with Crippen LogP contribution in [0.4, 0.5) is 0 Å². The first kappa shape index (κ1) is 13.3. The Bertz CT molecular complexity index is 514. The lowest BCUT2D eigenvalue weighted by atomic mass is 9.75. The van der Waals surface area contributed by atoms with Crippen LogP contribution in [0.5, 0.6) is 0 Å². The minimum absolute atomic E-state index is 0.482. The monoisotopic (exact) mass is 335 g/mol. The Morgan fingerprint density at radius 2 is 1.95 bits per heavy atom. The number of hydrogen-bond acceptors (Lipinski definition) is 2. The lowest BCUT2D eigenvalue weighted by Crippen LogP contribution is -2.41. The molecule has 0 aliphatic heterocycles. The Labute approximate surface area is 127 Å². The fourth-order valence-corrected chi connectivity index (χ4v) is 3.74. The third-order valence-corrected chi connectivity index (χ3v) is 5.52. The van der Waals surface area contributed by atoms with Crippen molar-refractivity contribution in [3.8, 4) is 0 Å². The van der Waals surface area contributed by atoms with Gasteiger partial charge in [0, 0.05) is 21.4 Å². The molecule has 0 radical (unpaired) electrons. The lowest BCUT2D eigenvalue weighted by molar-refractivity contribution is 0.272. The molecule has 3 rings (SSSR count). The van der Waals surface area contributed by atoms with E-state index in [4.69, 9.17) is 0 Å². The Balaban J connectivity index is 1.51. The van der Waals surface area contributed by atoms with E-state index in [0.29, 0.717) is 12.1 Å². The molecule has 0 amide bonds. The van der Waals surface area contributed by atoms with Gasteiger partial charge < -0.3 is 5.32 Å². The molecular formula is C16H18BrNS. The van der Waals surface area contributed by atoms with Gasteiger partial charge in [0.2, 0.25) is 0 Å². The molecule has 1 heterocycles. The van der Waals surface area contributed by atoms with Gasteiger partial charge in [0.15, 0.2) is 0 Å². The van der Waals surface area contributed by atoms with Gasteiger partial charge in [-0.15, -0.1) is 11.3 Å². The van der Waals surface area contributed by atoms with Crippen LogP contribution in [0.25, 0.3) is 0 Å². The van der Waals surface area contributed by atoms with Crippen LogP contribution in [-0.4, -0.2) is 6.04 Å². The Kier molecular flexibility index (Phi) is 4.06. The first-order chi connectivity index (χ1) is 9.22. The van der Waals surface area contributed by atoms with Gasteiger partial charge in [0.05, 0.1) is 0 Å². The zero-order valence-corrected chi connectivity index (χ0v) is 13.4. The number of thiophene rings is 1. The van der Waals surface area contributed by atoms with Crippen LogP contribution in [-0.2, 0) is 0 Å². The maximum Gasteiger partial charge on any atom is 0.0388 e. The highest BCUT2D eigenvalue weighted by atomic mass is 79.9. The molecule has 1 aromatic carbocycles. The molecule has 0 spiro atoms. The maximum atomic E-state index is 3.73. The normalized spacial score (nSPS) is 23.9. The summed E-state index contributed by atoms with van der Waals surface area (Å²) < 4.78 is 1.16. The molecule has 1 aromatic heterocycles. The molecule has 3 heteroatoms. The summed E-state index contributed by atoms with van der Waals surface area (Å²) in [5, 5.41) is 5.88. The summed E-state index contributed by atoms with van der Waals surface area (Å²) in [4.78, 5) is 1.44. The van der Waals surface area contributed by atoms with E-state index in [1.165, 1.54) is 23.3 Å². The van der Waals surface area contributed by atoms with E-state index in [1.807, 2.05) is 11.3 Å². The van der Waals surface area contributed by atoms with Gasteiger partial charge in [-0.05, 0) is 54.8 Å². The van der Waals surface area contributed by atoms with Gasteiger partial charge >= 0.3 is 0 Å². The van der Waals surface area contributed by atoms with E-state index in [2.05, 4.69) is 69.9 Å². The molecular weight excluding hydrogens is 318 g/mol. The topological polar surface area (TPSA) is 12.0 Å². The summed E-state index contributed by atoms with van der Waals surface area (Å²) in [6.07, 6.45) is 2.52. The van der Waals surface area contributed by atoms with E-state index in [-0.39, 0.29) is 0 Å². The van der Waals surface area contributed by atoms with Gasteiger partial charge in [-0.25, -0.2) is 0 Å². The average molecular weight is 336 g/mol. The Morgan fingerprint density at radius 1 is 1.21 bits per heavy atom. The highest BCUT2D eigenvalue weighted by Crippen LogP contribution is 2.38. The van der Waals surface area contributed by atoms with Gasteiger partial charge in [0.25, 0.3) is 0 Å². The molecule has 1 aliphatic rings. The number of nitrogens with one attached hydrogen (secondary N) is 1. The standard InChI is InChI=1S/C16H18BrNS/c1-11(16-3-2-8-19-16)18-15-9-13(10-15)12-4-6-14(17)7-5-12/h2-8,11,13,15,18H,9-10H2,1H3. The van der Waals surface area contributed by atoms with Crippen LogP contribution in [0.3, 0.4) is 0 Å². The van der Waals surface area contributed by atoms with E-state index < -0.39 is 0 Å². The van der Waals surface area contributed by atoms with E-state index >= 15 is 0 Å². The Morgan fingerprint density at radius 3 is 2.58 bits per heavy atom. The minimum atomic E-state index is 0.482. The van der Waals surface area contributed by atoms with E-state index in [9.17, 15) is 0 Å². The van der Waals surface area contributed by atoms with Crippen LogP contribution in [0.15, 0.2) is 46.3 Å². The molecule has 1 unspecified atom stereocenters. The van der Waals surface area contributed by atoms with Crippen molar-refractivity contribution in [2.75, 3.05) is 0 Å². The highest BCUT2D eigenvalue weighted by molar-refractivity contribution is 9.10. The summed E-state index contributed by atoms with van der Waals surface area (Å²) in [5.41, 5.74) is 1.48. The maximum absolute atomic E-state index is 3.73. The van der Waals surface area contributed by atoms with Crippen LogP contribution in [0.2, 0.25) is 0 Å². The van der Waals surface area contributed by atoms with Crippen molar-refractivity contribution in [1.82, 2.24) is 5.32 Å².